The minimum absolute atomic E-state index is 0.0878. The molecule has 4 N–H and O–H groups in total. The van der Waals surface area contributed by atoms with E-state index in [1.807, 2.05) is 51.9 Å². The predicted octanol–water partition coefficient (Wildman–Crippen LogP) is 3.94. The van der Waals surface area contributed by atoms with Crippen LogP contribution in [0.2, 0.25) is 0 Å². The first-order valence-electron chi connectivity index (χ1n) is 20.2. The largest absolute Gasteiger partial charge is 0.387 e. The lowest BCUT2D eigenvalue weighted by molar-refractivity contribution is -0.317. The maximum Gasteiger partial charge on any atom is 0.225 e. The Balaban J connectivity index is 1.55. The predicted molar refractivity (Wildman–Crippen MR) is 215 cm³/mol. The molecule has 56 heavy (non-hydrogen) atoms. The van der Waals surface area contributed by atoms with Crippen LogP contribution in [0.5, 0.6) is 0 Å². The first kappa shape index (κ1) is 44.9. The fraction of sp³-hybridized carbons (Fsp3) is 0.762. The number of methoxy groups -OCH3 is 1. The summed E-state index contributed by atoms with van der Waals surface area (Å²) in [5, 5.41) is 41.5. The third kappa shape index (κ3) is 10.1. The van der Waals surface area contributed by atoms with Crippen molar-refractivity contribution < 1.29 is 48.6 Å². The van der Waals surface area contributed by atoms with Crippen LogP contribution < -0.4 is 5.32 Å². The van der Waals surface area contributed by atoms with Crippen molar-refractivity contribution in [1.82, 2.24) is 15.1 Å². The van der Waals surface area contributed by atoms with Crippen LogP contribution in [-0.4, -0.2) is 144 Å². The number of thiophene rings is 1. The highest BCUT2D eigenvalue weighted by molar-refractivity contribution is 7.17. The Hall–Kier alpha value is -2.24. The highest BCUT2D eigenvalue weighted by Gasteiger charge is 2.51. The molecule has 0 bridgehead atoms. The minimum Gasteiger partial charge on any atom is -0.387 e. The van der Waals surface area contributed by atoms with Crippen LogP contribution in [0.4, 0.5) is 0 Å². The van der Waals surface area contributed by atoms with E-state index in [1.54, 1.807) is 51.0 Å². The molecular weight excluding hydrogens is 739 g/mol. The van der Waals surface area contributed by atoms with Gasteiger partial charge >= 0.3 is 0 Å². The number of carbonyl (C=O) groups excluding carboxylic acids is 2. The highest BCUT2D eigenvalue weighted by atomic mass is 32.1. The summed E-state index contributed by atoms with van der Waals surface area (Å²) in [6.07, 6.45) is -5.20. The molecule has 14 heteroatoms. The number of aliphatic hydroxyl groups excluding tert-OH is 2. The molecule has 5 unspecified atom stereocenters. The standard InChI is InChI=1S/C42H67N3O10S/c1-23-19-41(6,50)38(55-40-35(47)31(44(8)9)16-24(2)52-40)25(3)36(54-34-20-42(7,51-11)37(48)27(5)53-34)26(4)39(49)43-29(18-33(46)45(10)21-23)17-28-22-56-32-15-13-12-14-30(28)32/h12-15,22-27,29,31,34-38,40,47-48,50H,16-21H2,1-11H3,(H,43,49)/t23-,24-,25+,26?,27?,29+,31?,34+,35-,36?,37+,38-,40+,41?,42-/m1/s1. The topological polar surface area (TPSA) is 159 Å². The Morgan fingerprint density at radius 3 is 2.41 bits per heavy atom. The molecule has 13 nitrogen and oxygen atoms in total. The average Bonchev–Trinajstić information content (AvgIpc) is 3.53. The molecule has 2 aromatic rings. The number of carbonyl (C=O) groups is 2. The van der Waals surface area contributed by atoms with E-state index in [2.05, 4.69) is 22.8 Å². The van der Waals surface area contributed by atoms with Gasteiger partial charge in [-0.05, 0) is 89.4 Å². The number of ether oxygens (including phenoxy) is 5. The maximum absolute atomic E-state index is 14.6. The van der Waals surface area contributed by atoms with E-state index in [0.29, 0.717) is 19.4 Å². The normalized spacial score (nSPS) is 41.1. The summed E-state index contributed by atoms with van der Waals surface area (Å²) >= 11 is 1.63. The zero-order valence-corrected chi connectivity index (χ0v) is 36.0. The van der Waals surface area contributed by atoms with Crippen LogP contribution in [0, 0.1) is 17.8 Å². The summed E-state index contributed by atoms with van der Waals surface area (Å²) in [5.41, 5.74) is -1.48. The van der Waals surface area contributed by atoms with Crippen LogP contribution in [-0.2, 0) is 39.7 Å². The quantitative estimate of drug-likeness (QED) is 0.306. The van der Waals surface area contributed by atoms with Crippen LogP contribution in [0.15, 0.2) is 29.6 Å². The molecule has 15 atom stereocenters. The summed E-state index contributed by atoms with van der Waals surface area (Å²) in [4.78, 5) is 32.1. The van der Waals surface area contributed by atoms with Crippen LogP contribution in [0.25, 0.3) is 10.1 Å². The molecule has 3 aliphatic rings. The second-order valence-electron chi connectivity index (χ2n) is 17.6. The number of nitrogens with zero attached hydrogens (tertiary/aromatic N) is 2. The summed E-state index contributed by atoms with van der Waals surface area (Å²) < 4.78 is 33.0. The molecule has 3 aliphatic heterocycles. The SMILES string of the molecule is CO[C@]1(C)C[C@H](OC2C(C)C(=O)N[C@@H](Cc3csc4ccccc34)CC(=O)N(C)C[C@H](C)CC(C)(O)[C@H](O[C@@H]3O[C@H](C)CC(N(C)C)[C@H]3O)[C@H]2C)OC(C)[C@@H]1O. The van der Waals surface area contributed by atoms with E-state index in [-0.39, 0.29) is 49.1 Å². The molecule has 5 rings (SSSR count). The molecule has 2 amide bonds. The second kappa shape index (κ2) is 18.4. The number of amides is 2. The monoisotopic (exact) mass is 805 g/mol. The van der Waals surface area contributed by atoms with Crippen molar-refractivity contribution in [3.63, 3.8) is 0 Å². The molecule has 3 saturated heterocycles. The van der Waals surface area contributed by atoms with Gasteiger partial charge in [-0.3, -0.25) is 9.59 Å². The summed E-state index contributed by atoms with van der Waals surface area (Å²) in [6.45, 7) is 13.2. The molecular formula is C42H67N3O10S. The smallest absolute Gasteiger partial charge is 0.225 e. The van der Waals surface area contributed by atoms with Gasteiger partial charge in [-0.1, -0.05) is 39.0 Å². The Morgan fingerprint density at radius 2 is 1.73 bits per heavy atom. The number of hydrogen-bond donors (Lipinski definition) is 4. The number of rotatable bonds is 8. The van der Waals surface area contributed by atoms with Gasteiger partial charge in [0.05, 0.1) is 41.5 Å². The molecule has 0 saturated carbocycles. The number of hydrogen-bond acceptors (Lipinski definition) is 12. The molecule has 0 aliphatic carbocycles. The van der Waals surface area contributed by atoms with E-state index in [4.69, 9.17) is 23.7 Å². The second-order valence-corrected chi connectivity index (χ2v) is 18.5. The maximum atomic E-state index is 14.6. The third-order valence-electron chi connectivity index (χ3n) is 12.4. The average molecular weight is 806 g/mol. The van der Waals surface area contributed by atoms with E-state index in [0.717, 1.165) is 15.6 Å². The first-order valence-corrected chi connectivity index (χ1v) is 21.0. The van der Waals surface area contributed by atoms with Gasteiger partial charge in [-0.15, -0.1) is 11.3 Å². The summed E-state index contributed by atoms with van der Waals surface area (Å²) in [5.74, 6) is -2.14. The van der Waals surface area contributed by atoms with Crippen molar-refractivity contribution in [2.24, 2.45) is 17.8 Å². The van der Waals surface area contributed by atoms with Gasteiger partial charge in [0.1, 0.15) is 12.2 Å². The number of likely N-dealkylation sites (N-methyl/N-ethyl adjacent to an activating group) is 1. The van der Waals surface area contributed by atoms with Crippen LogP contribution in [0.1, 0.15) is 79.7 Å². The van der Waals surface area contributed by atoms with E-state index in [1.165, 1.54) is 7.11 Å². The van der Waals surface area contributed by atoms with Crippen molar-refractivity contribution in [2.75, 3.05) is 34.8 Å². The third-order valence-corrected chi connectivity index (χ3v) is 13.4. The lowest BCUT2D eigenvalue weighted by atomic mass is 9.77. The van der Waals surface area contributed by atoms with E-state index < -0.39 is 72.2 Å². The van der Waals surface area contributed by atoms with Gasteiger partial charge in [-0.2, -0.15) is 0 Å². The number of benzene rings is 1. The van der Waals surface area contributed by atoms with Gasteiger partial charge < -0.3 is 54.1 Å². The lowest BCUT2D eigenvalue weighted by Gasteiger charge is -2.49. The Labute approximate surface area is 336 Å². The van der Waals surface area contributed by atoms with E-state index >= 15 is 0 Å². The van der Waals surface area contributed by atoms with Gasteiger partial charge in [0, 0.05) is 56.2 Å². The Kier molecular flexibility index (Phi) is 14.7. The zero-order chi connectivity index (χ0) is 41.3. The fourth-order valence-corrected chi connectivity index (χ4v) is 10.2. The number of aliphatic hydroxyl groups is 3. The van der Waals surface area contributed by atoms with Crippen molar-refractivity contribution in [3.8, 4) is 0 Å². The summed E-state index contributed by atoms with van der Waals surface area (Å²) in [6, 6.07) is 7.34. The highest BCUT2D eigenvalue weighted by Crippen LogP contribution is 2.39. The zero-order valence-electron chi connectivity index (χ0n) is 35.1. The minimum atomic E-state index is -1.54. The van der Waals surface area contributed by atoms with Gasteiger partial charge in [0.2, 0.25) is 11.8 Å². The lowest BCUT2D eigenvalue weighted by Crippen LogP contribution is -2.61. The number of nitrogens with one attached hydrogen (secondary N) is 1. The first-order chi connectivity index (χ1) is 26.2. The Bertz CT molecular complexity index is 1620. The van der Waals surface area contributed by atoms with Crippen LogP contribution >= 0.6 is 11.3 Å². The summed E-state index contributed by atoms with van der Waals surface area (Å²) in [7, 11) is 7.09. The molecule has 0 radical (unpaired) electrons. The molecule has 0 spiro atoms. The van der Waals surface area contributed by atoms with Crippen molar-refractivity contribution in [2.45, 2.75) is 153 Å². The van der Waals surface area contributed by atoms with Gasteiger partial charge in [0.15, 0.2) is 12.6 Å². The van der Waals surface area contributed by atoms with E-state index in [9.17, 15) is 24.9 Å². The van der Waals surface area contributed by atoms with Crippen LogP contribution in [0.3, 0.4) is 0 Å². The van der Waals surface area contributed by atoms with Crippen molar-refractivity contribution >= 4 is 33.2 Å². The number of fused-ring (bicyclic) bond motifs is 1. The van der Waals surface area contributed by atoms with Crippen molar-refractivity contribution in [1.29, 1.82) is 0 Å². The molecule has 1 aromatic carbocycles. The van der Waals surface area contributed by atoms with Crippen molar-refractivity contribution in [3.05, 3.63) is 35.2 Å². The molecule has 4 heterocycles. The molecule has 1 aromatic heterocycles. The van der Waals surface area contributed by atoms with Gasteiger partial charge in [0.25, 0.3) is 0 Å². The fourth-order valence-electron chi connectivity index (χ4n) is 9.21. The van der Waals surface area contributed by atoms with Gasteiger partial charge in [-0.25, -0.2) is 0 Å². The molecule has 316 valence electrons. The molecule has 3 fully saturated rings. The Morgan fingerprint density at radius 1 is 1.04 bits per heavy atom.